The summed E-state index contributed by atoms with van der Waals surface area (Å²) in [7, 11) is 0. The van der Waals surface area contributed by atoms with Gasteiger partial charge in [-0.25, -0.2) is 9.97 Å². The van der Waals surface area contributed by atoms with Crippen molar-refractivity contribution in [3.63, 3.8) is 0 Å². The van der Waals surface area contributed by atoms with Crippen LogP contribution in [0.1, 0.15) is 29.5 Å². The highest BCUT2D eigenvalue weighted by atomic mass is 32.1. The number of H-pyrrole nitrogens is 1. The molecule has 4 heterocycles. The number of anilines is 1. The Morgan fingerprint density at radius 2 is 2.28 bits per heavy atom. The van der Waals surface area contributed by atoms with Crippen LogP contribution in [0.25, 0.3) is 0 Å². The van der Waals surface area contributed by atoms with Gasteiger partial charge in [-0.1, -0.05) is 6.07 Å². The predicted molar refractivity (Wildman–Crippen MR) is 95.3 cm³/mol. The number of thiazole rings is 1. The zero-order valence-corrected chi connectivity index (χ0v) is 14.4. The van der Waals surface area contributed by atoms with E-state index in [0.717, 1.165) is 30.0 Å². The Hall–Kier alpha value is -2.58. The van der Waals surface area contributed by atoms with Crippen LogP contribution in [0.4, 0.5) is 5.13 Å². The maximum absolute atomic E-state index is 12.2. The molecule has 1 aliphatic rings. The number of carbonyl (C=O) groups excluding carboxylic acids is 1. The van der Waals surface area contributed by atoms with Gasteiger partial charge in [-0.05, 0) is 12.1 Å². The van der Waals surface area contributed by atoms with E-state index < -0.39 is 0 Å². The zero-order valence-electron chi connectivity index (χ0n) is 13.6. The van der Waals surface area contributed by atoms with Gasteiger partial charge in [0.05, 0.1) is 23.8 Å². The fraction of sp³-hybridized carbons (Fsp3) is 0.294. The average Bonchev–Trinajstić information content (AvgIpc) is 3.31. The van der Waals surface area contributed by atoms with Crippen LogP contribution in [0.2, 0.25) is 0 Å². The molecule has 25 heavy (non-hydrogen) atoms. The highest BCUT2D eigenvalue weighted by molar-refractivity contribution is 7.13. The van der Waals surface area contributed by atoms with E-state index in [4.69, 9.17) is 0 Å². The fourth-order valence-corrected chi connectivity index (χ4v) is 3.69. The Labute approximate surface area is 149 Å². The van der Waals surface area contributed by atoms with Crippen molar-refractivity contribution in [1.29, 1.82) is 0 Å². The lowest BCUT2D eigenvalue weighted by Gasteiger charge is -2.34. The van der Waals surface area contributed by atoms with Crippen molar-refractivity contribution in [2.45, 2.75) is 18.9 Å². The average molecular weight is 354 g/mol. The van der Waals surface area contributed by atoms with Gasteiger partial charge in [-0.2, -0.15) is 0 Å². The van der Waals surface area contributed by atoms with Gasteiger partial charge in [0.2, 0.25) is 5.91 Å². The molecule has 7 nitrogen and oxygen atoms in total. The molecule has 3 aromatic rings. The summed E-state index contributed by atoms with van der Waals surface area (Å²) < 4.78 is 0. The van der Waals surface area contributed by atoms with Gasteiger partial charge in [-0.15, -0.1) is 11.3 Å². The lowest BCUT2D eigenvalue weighted by atomic mass is 9.99. The summed E-state index contributed by atoms with van der Waals surface area (Å²) in [4.78, 5) is 30.8. The van der Waals surface area contributed by atoms with Gasteiger partial charge in [0, 0.05) is 49.4 Å². The number of pyridine rings is 1. The van der Waals surface area contributed by atoms with Crippen molar-refractivity contribution in [3.05, 3.63) is 59.4 Å². The summed E-state index contributed by atoms with van der Waals surface area (Å²) >= 11 is 1.42. The maximum atomic E-state index is 12.2. The minimum atomic E-state index is -0.0254. The lowest BCUT2D eigenvalue weighted by molar-refractivity contribution is -0.116. The first-order chi connectivity index (χ1) is 12.3. The Morgan fingerprint density at radius 1 is 1.32 bits per heavy atom. The molecule has 0 saturated carbocycles. The number of aromatic nitrogens is 4. The quantitative estimate of drug-likeness (QED) is 0.734. The van der Waals surface area contributed by atoms with Gasteiger partial charge in [0.25, 0.3) is 0 Å². The van der Waals surface area contributed by atoms with Gasteiger partial charge < -0.3 is 10.3 Å². The number of imidazole rings is 1. The molecule has 1 atom stereocenters. The highest BCUT2D eigenvalue weighted by Crippen LogP contribution is 2.32. The van der Waals surface area contributed by atoms with E-state index in [1.54, 1.807) is 18.7 Å². The van der Waals surface area contributed by atoms with Crippen molar-refractivity contribution >= 4 is 22.4 Å². The first-order valence-electron chi connectivity index (χ1n) is 8.18. The number of fused-ring (bicyclic) bond motifs is 1. The van der Waals surface area contributed by atoms with E-state index in [9.17, 15) is 4.79 Å². The van der Waals surface area contributed by atoms with Crippen LogP contribution >= 0.6 is 11.3 Å². The number of aromatic amines is 1. The van der Waals surface area contributed by atoms with Crippen LogP contribution in [-0.4, -0.2) is 43.8 Å². The fourth-order valence-electron chi connectivity index (χ4n) is 3.14. The van der Waals surface area contributed by atoms with Crippen molar-refractivity contribution < 1.29 is 4.79 Å². The Bertz CT molecular complexity index is 832. The summed E-state index contributed by atoms with van der Waals surface area (Å²) in [6.45, 7) is 1.51. The van der Waals surface area contributed by atoms with Crippen molar-refractivity contribution in [1.82, 2.24) is 24.8 Å². The zero-order chi connectivity index (χ0) is 17.1. The molecular formula is C17H18N6OS. The summed E-state index contributed by atoms with van der Waals surface area (Å²) in [5.41, 5.74) is 3.11. The molecule has 1 aliphatic heterocycles. The number of hydrogen-bond acceptors (Lipinski definition) is 6. The molecule has 4 rings (SSSR count). The van der Waals surface area contributed by atoms with E-state index in [1.165, 1.54) is 11.3 Å². The number of rotatable bonds is 5. The third kappa shape index (κ3) is 3.45. The highest BCUT2D eigenvalue weighted by Gasteiger charge is 2.31. The topological polar surface area (TPSA) is 86.8 Å². The van der Waals surface area contributed by atoms with Crippen molar-refractivity contribution in [3.8, 4) is 0 Å². The molecule has 2 N–H and O–H groups in total. The second-order valence-corrected chi connectivity index (χ2v) is 6.74. The SMILES string of the molecule is O=C(CCN1CCc2[nH]cnc2[C@H]1c1ccccn1)Nc1nccs1. The van der Waals surface area contributed by atoms with E-state index in [0.29, 0.717) is 18.1 Å². The third-order valence-corrected chi connectivity index (χ3v) is 4.99. The minimum absolute atomic E-state index is 0.0242. The van der Waals surface area contributed by atoms with Gasteiger partial charge >= 0.3 is 0 Å². The van der Waals surface area contributed by atoms with Gasteiger partial charge in [0.1, 0.15) is 0 Å². The Morgan fingerprint density at radius 3 is 3.08 bits per heavy atom. The minimum Gasteiger partial charge on any atom is -0.348 e. The summed E-state index contributed by atoms with van der Waals surface area (Å²) in [6.07, 6.45) is 6.51. The first kappa shape index (κ1) is 15.9. The number of amides is 1. The number of nitrogens with zero attached hydrogens (tertiary/aromatic N) is 4. The van der Waals surface area contributed by atoms with Crippen LogP contribution in [0.3, 0.4) is 0 Å². The lowest BCUT2D eigenvalue weighted by Crippen LogP contribution is -2.38. The van der Waals surface area contributed by atoms with Crippen molar-refractivity contribution in [2.24, 2.45) is 0 Å². The summed E-state index contributed by atoms with van der Waals surface area (Å²) in [5, 5.41) is 5.32. The standard InChI is InChI=1S/C17H18N6OS/c24-14(22-17-19-7-10-25-17)5-9-23-8-4-12-15(21-11-20-12)16(23)13-3-1-2-6-18-13/h1-3,6-7,10-11,16H,4-5,8-9H2,(H,20,21)(H,19,22,24)/t16-/m1/s1. The summed E-state index contributed by atoms with van der Waals surface area (Å²) in [5.74, 6) is -0.0254. The van der Waals surface area contributed by atoms with E-state index in [1.807, 2.05) is 23.6 Å². The number of nitrogens with one attached hydrogen (secondary N) is 2. The van der Waals surface area contributed by atoms with Gasteiger partial charge in [0.15, 0.2) is 5.13 Å². The second kappa shape index (κ2) is 7.12. The molecule has 0 aromatic carbocycles. The maximum Gasteiger partial charge on any atom is 0.227 e. The largest absolute Gasteiger partial charge is 0.348 e. The van der Waals surface area contributed by atoms with Crippen LogP contribution < -0.4 is 5.32 Å². The third-order valence-electron chi connectivity index (χ3n) is 4.30. The molecule has 3 aromatic heterocycles. The van der Waals surface area contributed by atoms with Crippen LogP contribution in [0.5, 0.6) is 0 Å². The van der Waals surface area contributed by atoms with E-state index in [2.05, 4.69) is 30.2 Å². The van der Waals surface area contributed by atoms with Crippen LogP contribution in [0.15, 0.2) is 42.3 Å². The van der Waals surface area contributed by atoms with E-state index in [-0.39, 0.29) is 11.9 Å². The molecule has 0 fully saturated rings. The Balaban J connectivity index is 1.49. The molecular weight excluding hydrogens is 336 g/mol. The molecule has 0 bridgehead atoms. The van der Waals surface area contributed by atoms with Gasteiger partial charge in [-0.3, -0.25) is 14.7 Å². The normalized spacial score (nSPS) is 17.2. The molecule has 0 unspecified atom stereocenters. The molecule has 0 spiro atoms. The number of carbonyl (C=O) groups is 1. The van der Waals surface area contributed by atoms with Crippen molar-refractivity contribution in [2.75, 3.05) is 18.4 Å². The van der Waals surface area contributed by atoms with Crippen LogP contribution in [0, 0.1) is 0 Å². The Kier molecular flexibility index (Phi) is 4.53. The molecule has 1 amide bonds. The number of hydrogen-bond donors (Lipinski definition) is 2. The molecule has 0 radical (unpaired) electrons. The molecule has 128 valence electrons. The molecule has 8 heteroatoms. The second-order valence-electron chi connectivity index (χ2n) is 5.84. The smallest absolute Gasteiger partial charge is 0.227 e. The molecule has 0 aliphatic carbocycles. The van der Waals surface area contributed by atoms with E-state index >= 15 is 0 Å². The monoisotopic (exact) mass is 354 g/mol. The molecule has 0 saturated heterocycles. The summed E-state index contributed by atoms with van der Waals surface area (Å²) in [6, 6.07) is 5.88. The predicted octanol–water partition coefficient (Wildman–Crippen LogP) is 2.24. The van der Waals surface area contributed by atoms with Crippen LogP contribution in [-0.2, 0) is 11.2 Å². The first-order valence-corrected chi connectivity index (χ1v) is 9.05.